The fourth-order valence-electron chi connectivity index (χ4n) is 2.05. The van der Waals surface area contributed by atoms with Crippen LogP contribution in [0.25, 0.3) is 11.0 Å². The average Bonchev–Trinajstić information content (AvgIpc) is 2.99. The number of aromatic hydroxyl groups is 1. The minimum atomic E-state index is -0.276. The molecule has 0 saturated heterocycles. The van der Waals surface area contributed by atoms with Crippen LogP contribution < -0.4 is 5.43 Å². The van der Waals surface area contributed by atoms with Gasteiger partial charge in [0.2, 0.25) is 5.91 Å². The van der Waals surface area contributed by atoms with E-state index in [1.54, 1.807) is 24.3 Å². The molecule has 22 heavy (non-hydrogen) atoms. The van der Waals surface area contributed by atoms with E-state index in [9.17, 15) is 9.90 Å². The van der Waals surface area contributed by atoms with Crippen LogP contribution in [-0.2, 0) is 11.2 Å². The SMILES string of the molecule is O=C(Cc1cccc2n[nH]nc12)NN=Cc1ccccc1O. The number of H-pyrrole nitrogens is 1. The molecule has 0 aliphatic rings. The minimum Gasteiger partial charge on any atom is -0.507 e. The van der Waals surface area contributed by atoms with Crippen LogP contribution in [0.2, 0.25) is 0 Å². The molecule has 3 N–H and O–H groups in total. The van der Waals surface area contributed by atoms with Crippen molar-refractivity contribution in [1.29, 1.82) is 0 Å². The molecule has 0 fully saturated rings. The van der Waals surface area contributed by atoms with Crippen molar-refractivity contribution in [2.24, 2.45) is 5.10 Å². The molecule has 0 atom stereocenters. The number of phenols is 1. The fourth-order valence-corrected chi connectivity index (χ4v) is 2.05. The highest BCUT2D eigenvalue weighted by Gasteiger charge is 2.08. The van der Waals surface area contributed by atoms with E-state index in [1.165, 1.54) is 6.21 Å². The van der Waals surface area contributed by atoms with Crippen molar-refractivity contribution in [3.8, 4) is 5.75 Å². The number of phenolic OH excluding ortho intramolecular Hbond substituents is 1. The van der Waals surface area contributed by atoms with Crippen LogP contribution in [0.3, 0.4) is 0 Å². The van der Waals surface area contributed by atoms with Crippen LogP contribution in [0.1, 0.15) is 11.1 Å². The zero-order valence-corrected chi connectivity index (χ0v) is 11.5. The Bertz CT molecular complexity index is 841. The van der Waals surface area contributed by atoms with Gasteiger partial charge in [-0.25, -0.2) is 5.43 Å². The zero-order valence-electron chi connectivity index (χ0n) is 11.5. The molecule has 0 saturated carbocycles. The summed E-state index contributed by atoms with van der Waals surface area (Å²) in [7, 11) is 0. The third-order valence-electron chi connectivity index (χ3n) is 3.11. The van der Waals surface area contributed by atoms with Gasteiger partial charge < -0.3 is 5.11 Å². The molecule has 3 rings (SSSR count). The molecule has 0 aliphatic heterocycles. The van der Waals surface area contributed by atoms with Gasteiger partial charge in [0.15, 0.2) is 0 Å². The topological polar surface area (TPSA) is 103 Å². The lowest BCUT2D eigenvalue weighted by molar-refractivity contribution is -0.120. The Morgan fingerprint density at radius 2 is 2.09 bits per heavy atom. The number of para-hydroxylation sites is 2. The number of fused-ring (bicyclic) bond motifs is 1. The number of nitrogens with zero attached hydrogens (tertiary/aromatic N) is 3. The quantitative estimate of drug-likeness (QED) is 0.499. The largest absolute Gasteiger partial charge is 0.507 e. The van der Waals surface area contributed by atoms with Crippen LogP contribution in [-0.4, -0.2) is 32.6 Å². The summed E-state index contributed by atoms with van der Waals surface area (Å²) in [5, 5.41) is 24.0. The normalized spacial score (nSPS) is 11.1. The number of carbonyl (C=O) groups excluding carboxylic acids is 1. The summed E-state index contributed by atoms with van der Waals surface area (Å²) in [6, 6.07) is 12.2. The molecule has 0 bridgehead atoms. The summed E-state index contributed by atoms with van der Waals surface area (Å²) in [6.07, 6.45) is 1.53. The highest BCUT2D eigenvalue weighted by atomic mass is 16.3. The fraction of sp³-hybridized carbons (Fsp3) is 0.0667. The molecule has 1 amide bonds. The first-order valence-electron chi connectivity index (χ1n) is 6.62. The second-order valence-corrected chi connectivity index (χ2v) is 4.64. The molecule has 0 radical (unpaired) electrons. The van der Waals surface area contributed by atoms with Gasteiger partial charge in [0.05, 0.1) is 12.6 Å². The molecular formula is C15H13N5O2. The highest BCUT2D eigenvalue weighted by molar-refractivity contribution is 5.87. The number of rotatable bonds is 4. The number of nitrogens with one attached hydrogen (secondary N) is 2. The summed E-state index contributed by atoms with van der Waals surface area (Å²) in [5.74, 6) is -0.171. The minimum absolute atomic E-state index is 0.105. The van der Waals surface area contributed by atoms with E-state index >= 15 is 0 Å². The van der Waals surface area contributed by atoms with Crippen LogP contribution in [0, 0.1) is 0 Å². The monoisotopic (exact) mass is 295 g/mol. The summed E-state index contributed by atoms with van der Waals surface area (Å²) in [4.78, 5) is 11.9. The Hall–Kier alpha value is -3.22. The third kappa shape index (κ3) is 2.93. The van der Waals surface area contributed by atoms with Gasteiger partial charge in [0, 0.05) is 5.56 Å². The molecule has 3 aromatic rings. The maximum atomic E-state index is 11.9. The van der Waals surface area contributed by atoms with E-state index in [1.807, 2.05) is 18.2 Å². The first kappa shape index (κ1) is 13.7. The van der Waals surface area contributed by atoms with Crippen LogP contribution in [0.15, 0.2) is 47.6 Å². The molecular weight excluding hydrogens is 282 g/mol. The van der Waals surface area contributed by atoms with Gasteiger partial charge in [-0.2, -0.15) is 20.5 Å². The number of aromatic amines is 1. The van der Waals surface area contributed by atoms with Crippen molar-refractivity contribution in [1.82, 2.24) is 20.8 Å². The molecule has 0 unspecified atom stereocenters. The Morgan fingerprint density at radius 1 is 1.23 bits per heavy atom. The maximum absolute atomic E-state index is 11.9. The molecule has 7 nitrogen and oxygen atoms in total. The zero-order chi connectivity index (χ0) is 15.4. The van der Waals surface area contributed by atoms with Crippen molar-refractivity contribution in [3.05, 3.63) is 53.6 Å². The third-order valence-corrected chi connectivity index (χ3v) is 3.11. The predicted molar refractivity (Wildman–Crippen MR) is 81.4 cm³/mol. The predicted octanol–water partition coefficient (Wildman–Crippen LogP) is 1.36. The van der Waals surface area contributed by atoms with Crippen LogP contribution >= 0.6 is 0 Å². The molecule has 0 spiro atoms. The number of hydrogen-bond donors (Lipinski definition) is 3. The second kappa shape index (κ2) is 6.04. The molecule has 0 aliphatic carbocycles. The van der Waals surface area contributed by atoms with Gasteiger partial charge in [-0.05, 0) is 23.8 Å². The maximum Gasteiger partial charge on any atom is 0.244 e. The van der Waals surface area contributed by atoms with Gasteiger partial charge in [-0.1, -0.05) is 24.3 Å². The second-order valence-electron chi connectivity index (χ2n) is 4.64. The number of benzene rings is 2. The molecule has 1 heterocycles. The highest BCUT2D eigenvalue weighted by Crippen LogP contribution is 2.14. The number of hydrazone groups is 1. The molecule has 110 valence electrons. The first-order chi connectivity index (χ1) is 10.7. The van der Waals surface area contributed by atoms with Gasteiger partial charge in [-0.3, -0.25) is 4.79 Å². The van der Waals surface area contributed by atoms with Gasteiger partial charge in [0.1, 0.15) is 16.8 Å². The van der Waals surface area contributed by atoms with Crippen molar-refractivity contribution in [2.45, 2.75) is 6.42 Å². The number of aromatic nitrogens is 3. The average molecular weight is 295 g/mol. The molecule has 1 aromatic heterocycles. The van der Waals surface area contributed by atoms with Gasteiger partial charge in [-0.15, -0.1) is 0 Å². The van der Waals surface area contributed by atoms with E-state index in [2.05, 4.69) is 25.9 Å². The Balaban J connectivity index is 1.66. The standard InChI is InChI=1S/C15H13N5O2/c21-13-7-2-1-4-11(13)9-16-18-14(22)8-10-5-3-6-12-15(10)19-20-17-12/h1-7,9,21H,8H2,(H,18,22)(H,17,19,20). The Morgan fingerprint density at radius 3 is 2.95 bits per heavy atom. The van der Waals surface area contributed by atoms with Crippen LogP contribution in [0.5, 0.6) is 5.75 Å². The summed E-state index contributed by atoms with van der Waals surface area (Å²) in [5.41, 5.74) is 5.10. The first-order valence-corrected chi connectivity index (χ1v) is 6.62. The van der Waals surface area contributed by atoms with E-state index in [4.69, 9.17) is 0 Å². The molecule has 2 aromatic carbocycles. The lowest BCUT2D eigenvalue weighted by Crippen LogP contribution is -2.19. The molecule has 7 heteroatoms. The Kier molecular flexibility index (Phi) is 3.78. The van der Waals surface area contributed by atoms with E-state index in [0.29, 0.717) is 16.6 Å². The van der Waals surface area contributed by atoms with Crippen molar-refractivity contribution < 1.29 is 9.90 Å². The smallest absolute Gasteiger partial charge is 0.244 e. The van der Waals surface area contributed by atoms with Crippen molar-refractivity contribution >= 4 is 23.2 Å². The van der Waals surface area contributed by atoms with Gasteiger partial charge in [0.25, 0.3) is 0 Å². The van der Waals surface area contributed by atoms with Crippen molar-refractivity contribution in [2.75, 3.05) is 0 Å². The lowest BCUT2D eigenvalue weighted by Gasteiger charge is -2.01. The van der Waals surface area contributed by atoms with E-state index in [0.717, 1.165) is 5.56 Å². The van der Waals surface area contributed by atoms with Crippen LogP contribution in [0.4, 0.5) is 0 Å². The summed E-state index contributed by atoms with van der Waals surface area (Å²) >= 11 is 0. The summed E-state index contributed by atoms with van der Waals surface area (Å²) in [6.45, 7) is 0. The van der Waals surface area contributed by atoms with E-state index in [-0.39, 0.29) is 18.1 Å². The number of hydrogen-bond acceptors (Lipinski definition) is 5. The van der Waals surface area contributed by atoms with E-state index < -0.39 is 0 Å². The van der Waals surface area contributed by atoms with Gasteiger partial charge >= 0.3 is 0 Å². The summed E-state index contributed by atoms with van der Waals surface area (Å²) < 4.78 is 0. The Labute approximate surface area is 125 Å². The van der Waals surface area contributed by atoms with Crippen molar-refractivity contribution in [3.63, 3.8) is 0 Å². The number of amides is 1. The number of carbonyl (C=O) groups is 1. The lowest BCUT2D eigenvalue weighted by atomic mass is 10.1.